The Kier molecular flexibility index (Phi) is 4.88. The van der Waals surface area contributed by atoms with Crippen LogP contribution in [0.3, 0.4) is 0 Å². The van der Waals surface area contributed by atoms with Crippen molar-refractivity contribution in [2.24, 2.45) is 5.73 Å². The van der Waals surface area contributed by atoms with Crippen LogP contribution in [0.5, 0.6) is 0 Å². The number of hydrogen-bond donors (Lipinski definition) is 1. The molecule has 2 rings (SSSR count). The number of benzene rings is 2. The standard InChI is InChI=1S/C16H15ClFNO/c17-16-9-14(18)6-5-12(16)8-15(20)7-11-3-1-2-4-13(11)10-19/h1-6,9H,7-8,10,19H2. The summed E-state index contributed by atoms with van der Waals surface area (Å²) in [7, 11) is 0. The van der Waals surface area contributed by atoms with E-state index in [4.69, 9.17) is 17.3 Å². The Hall–Kier alpha value is -1.71. The predicted octanol–water partition coefficient (Wildman–Crippen LogP) is 3.29. The van der Waals surface area contributed by atoms with Gasteiger partial charge < -0.3 is 5.73 Å². The molecule has 0 heterocycles. The first-order valence-electron chi connectivity index (χ1n) is 6.32. The number of nitrogens with two attached hydrogens (primary N) is 1. The monoisotopic (exact) mass is 291 g/mol. The highest BCUT2D eigenvalue weighted by atomic mass is 35.5. The lowest BCUT2D eigenvalue weighted by atomic mass is 9.99. The molecule has 0 aromatic heterocycles. The average molecular weight is 292 g/mol. The number of hydrogen-bond acceptors (Lipinski definition) is 2. The predicted molar refractivity (Wildman–Crippen MR) is 78.2 cm³/mol. The van der Waals surface area contributed by atoms with Gasteiger partial charge in [-0.2, -0.15) is 0 Å². The van der Waals surface area contributed by atoms with Crippen molar-refractivity contribution in [1.29, 1.82) is 0 Å². The highest BCUT2D eigenvalue weighted by Gasteiger charge is 2.10. The molecule has 0 bridgehead atoms. The molecule has 4 heteroatoms. The third-order valence-electron chi connectivity index (χ3n) is 3.13. The van der Waals surface area contributed by atoms with Crippen LogP contribution in [-0.4, -0.2) is 5.78 Å². The van der Waals surface area contributed by atoms with Crippen LogP contribution in [-0.2, 0) is 24.2 Å². The van der Waals surface area contributed by atoms with Crippen LogP contribution in [0.25, 0.3) is 0 Å². The second-order valence-corrected chi connectivity index (χ2v) is 5.01. The van der Waals surface area contributed by atoms with E-state index in [-0.39, 0.29) is 17.2 Å². The topological polar surface area (TPSA) is 43.1 Å². The van der Waals surface area contributed by atoms with E-state index >= 15 is 0 Å². The SMILES string of the molecule is NCc1ccccc1CC(=O)Cc1ccc(F)cc1Cl. The van der Waals surface area contributed by atoms with Crippen LogP contribution in [0.2, 0.25) is 5.02 Å². The fraction of sp³-hybridized carbons (Fsp3) is 0.188. The molecule has 0 aliphatic rings. The average Bonchev–Trinajstić information content (AvgIpc) is 2.42. The molecule has 0 aliphatic carbocycles. The van der Waals surface area contributed by atoms with E-state index in [1.165, 1.54) is 12.1 Å². The molecule has 20 heavy (non-hydrogen) atoms. The van der Waals surface area contributed by atoms with Crippen molar-refractivity contribution in [2.45, 2.75) is 19.4 Å². The molecule has 0 spiro atoms. The van der Waals surface area contributed by atoms with Crippen molar-refractivity contribution >= 4 is 17.4 Å². The molecule has 2 N–H and O–H groups in total. The summed E-state index contributed by atoms with van der Waals surface area (Å²) >= 11 is 5.92. The second kappa shape index (κ2) is 6.64. The summed E-state index contributed by atoms with van der Waals surface area (Å²) in [6, 6.07) is 11.7. The summed E-state index contributed by atoms with van der Waals surface area (Å²) in [6.45, 7) is 0.404. The number of halogens is 2. The summed E-state index contributed by atoms with van der Waals surface area (Å²) in [5.41, 5.74) is 8.18. The van der Waals surface area contributed by atoms with Gasteiger partial charge in [-0.1, -0.05) is 41.9 Å². The van der Waals surface area contributed by atoms with Gasteiger partial charge in [0.05, 0.1) is 0 Å². The third-order valence-corrected chi connectivity index (χ3v) is 3.48. The number of carbonyl (C=O) groups excluding carboxylic acids is 1. The molecule has 0 amide bonds. The smallest absolute Gasteiger partial charge is 0.141 e. The summed E-state index contributed by atoms with van der Waals surface area (Å²) in [5, 5.41) is 0.283. The van der Waals surface area contributed by atoms with E-state index in [0.29, 0.717) is 18.5 Å². The first-order valence-corrected chi connectivity index (χ1v) is 6.70. The minimum Gasteiger partial charge on any atom is -0.326 e. The van der Waals surface area contributed by atoms with Gasteiger partial charge >= 0.3 is 0 Å². The zero-order valence-corrected chi connectivity index (χ0v) is 11.7. The van der Waals surface area contributed by atoms with Gasteiger partial charge in [0.1, 0.15) is 11.6 Å². The second-order valence-electron chi connectivity index (χ2n) is 4.60. The summed E-state index contributed by atoms with van der Waals surface area (Å²) in [4.78, 5) is 12.1. The fourth-order valence-corrected chi connectivity index (χ4v) is 2.32. The van der Waals surface area contributed by atoms with Crippen molar-refractivity contribution in [3.63, 3.8) is 0 Å². The Morgan fingerprint density at radius 3 is 2.35 bits per heavy atom. The molecule has 2 aromatic rings. The molecule has 0 aliphatic heterocycles. The minimum absolute atomic E-state index is 0.0272. The van der Waals surface area contributed by atoms with Gasteiger partial charge in [0, 0.05) is 24.4 Å². The van der Waals surface area contributed by atoms with Crippen LogP contribution in [0, 0.1) is 5.82 Å². The molecule has 0 fully saturated rings. The van der Waals surface area contributed by atoms with Gasteiger partial charge in [-0.15, -0.1) is 0 Å². The van der Waals surface area contributed by atoms with Gasteiger partial charge in [-0.25, -0.2) is 4.39 Å². The quantitative estimate of drug-likeness (QED) is 0.918. The van der Waals surface area contributed by atoms with Crippen LogP contribution in [0.15, 0.2) is 42.5 Å². The fourth-order valence-electron chi connectivity index (χ4n) is 2.08. The molecular weight excluding hydrogens is 277 g/mol. The Balaban J connectivity index is 2.09. The summed E-state index contributed by atoms with van der Waals surface area (Å²) in [6.07, 6.45) is 0.499. The first kappa shape index (κ1) is 14.7. The molecule has 2 nitrogen and oxygen atoms in total. The van der Waals surface area contributed by atoms with E-state index in [1.54, 1.807) is 6.07 Å². The molecule has 0 saturated heterocycles. The van der Waals surface area contributed by atoms with E-state index in [1.807, 2.05) is 24.3 Å². The molecule has 104 valence electrons. The van der Waals surface area contributed by atoms with Crippen LogP contribution in [0.4, 0.5) is 4.39 Å². The van der Waals surface area contributed by atoms with Gasteiger partial charge in [0.25, 0.3) is 0 Å². The molecule has 2 aromatic carbocycles. The third kappa shape index (κ3) is 3.65. The summed E-state index contributed by atoms with van der Waals surface area (Å²) < 4.78 is 12.9. The van der Waals surface area contributed by atoms with Gasteiger partial charge in [0.2, 0.25) is 0 Å². The maximum absolute atomic E-state index is 12.9. The van der Waals surface area contributed by atoms with E-state index in [0.717, 1.165) is 11.1 Å². The lowest BCUT2D eigenvalue weighted by molar-refractivity contribution is -0.117. The van der Waals surface area contributed by atoms with E-state index < -0.39 is 5.82 Å². The maximum Gasteiger partial charge on any atom is 0.141 e. The van der Waals surface area contributed by atoms with Crippen molar-refractivity contribution in [3.05, 3.63) is 70.0 Å². The van der Waals surface area contributed by atoms with Gasteiger partial charge in [-0.3, -0.25) is 4.79 Å². The maximum atomic E-state index is 12.9. The highest BCUT2D eigenvalue weighted by Crippen LogP contribution is 2.19. The normalized spacial score (nSPS) is 10.6. The van der Waals surface area contributed by atoms with E-state index in [9.17, 15) is 9.18 Å². The van der Waals surface area contributed by atoms with Crippen LogP contribution >= 0.6 is 11.6 Å². The van der Waals surface area contributed by atoms with Crippen molar-refractivity contribution in [2.75, 3.05) is 0 Å². The van der Waals surface area contributed by atoms with Gasteiger partial charge in [0.15, 0.2) is 0 Å². The molecule has 0 atom stereocenters. The molecule has 0 saturated carbocycles. The van der Waals surface area contributed by atoms with Crippen molar-refractivity contribution in [1.82, 2.24) is 0 Å². The number of Topliss-reactive ketones (excluding diaryl/α,β-unsaturated/α-hetero) is 1. The molecule has 0 unspecified atom stereocenters. The van der Waals surface area contributed by atoms with Crippen LogP contribution < -0.4 is 5.73 Å². The Morgan fingerprint density at radius 2 is 1.70 bits per heavy atom. The van der Waals surface area contributed by atoms with E-state index in [2.05, 4.69) is 0 Å². The molecule has 0 radical (unpaired) electrons. The Bertz CT molecular complexity index is 628. The van der Waals surface area contributed by atoms with Crippen molar-refractivity contribution in [3.8, 4) is 0 Å². The zero-order valence-electron chi connectivity index (χ0n) is 10.9. The van der Waals surface area contributed by atoms with Crippen LogP contribution in [0.1, 0.15) is 16.7 Å². The first-order chi connectivity index (χ1) is 9.60. The van der Waals surface area contributed by atoms with Gasteiger partial charge in [-0.05, 0) is 28.8 Å². The minimum atomic E-state index is -0.403. The number of rotatable bonds is 5. The lowest BCUT2D eigenvalue weighted by Gasteiger charge is -2.08. The number of ketones is 1. The Morgan fingerprint density at radius 1 is 1.05 bits per heavy atom. The lowest BCUT2D eigenvalue weighted by Crippen LogP contribution is -2.10. The Labute approximate surface area is 122 Å². The largest absolute Gasteiger partial charge is 0.326 e. The van der Waals surface area contributed by atoms with Crippen molar-refractivity contribution < 1.29 is 9.18 Å². The number of carbonyl (C=O) groups is 1. The highest BCUT2D eigenvalue weighted by molar-refractivity contribution is 6.31. The summed E-state index contributed by atoms with van der Waals surface area (Å²) in [5.74, 6) is -0.376. The zero-order chi connectivity index (χ0) is 14.5. The molecular formula is C16H15ClFNO.